The van der Waals surface area contributed by atoms with E-state index < -0.39 is 0 Å². The van der Waals surface area contributed by atoms with Gasteiger partial charge in [-0.05, 0) is 6.92 Å². The van der Waals surface area contributed by atoms with Crippen molar-refractivity contribution < 1.29 is 9.53 Å². The third-order valence-corrected chi connectivity index (χ3v) is 2.54. The first kappa shape index (κ1) is 10.2. The summed E-state index contributed by atoms with van der Waals surface area (Å²) in [5, 5.41) is 4.16. The molecule has 0 spiro atoms. The lowest BCUT2D eigenvalue weighted by Gasteiger charge is -2.26. The Morgan fingerprint density at radius 2 is 2.13 bits per heavy atom. The summed E-state index contributed by atoms with van der Waals surface area (Å²) in [4.78, 5) is 13.9. The number of amides is 1. The molecule has 5 nitrogen and oxygen atoms in total. The van der Waals surface area contributed by atoms with E-state index in [1.165, 1.54) is 0 Å². The molecule has 0 radical (unpaired) electrons. The van der Waals surface area contributed by atoms with Gasteiger partial charge in [-0.2, -0.15) is 5.10 Å². The molecule has 5 heteroatoms. The predicted octanol–water partition coefficient (Wildman–Crippen LogP) is 0.201. The summed E-state index contributed by atoms with van der Waals surface area (Å²) >= 11 is 0. The smallest absolute Gasteiger partial charge is 0.257 e. The van der Waals surface area contributed by atoms with Crippen LogP contribution in [-0.4, -0.2) is 46.9 Å². The van der Waals surface area contributed by atoms with Crippen LogP contribution in [0.3, 0.4) is 0 Å². The van der Waals surface area contributed by atoms with Crippen LogP contribution in [0.4, 0.5) is 0 Å². The van der Waals surface area contributed by atoms with Crippen LogP contribution in [0.1, 0.15) is 16.1 Å². The van der Waals surface area contributed by atoms with Gasteiger partial charge < -0.3 is 9.64 Å². The number of aryl methyl sites for hydroxylation is 2. The fourth-order valence-electron chi connectivity index (χ4n) is 1.75. The average molecular weight is 209 g/mol. The molecule has 1 aromatic rings. The van der Waals surface area contributed by atoms with Crippen LogP contribution in [0, 0.1) is 6.92 Å². The van der Waals surface area contributed by atoms with Gasteiger partial charge in [0.15, 0.2) is 0 Å². The maximum absolute atomic E-state index is 12.1. The standard InChI is InChI=1S/C10H15N3O2/c1-8-9(7-12(2)11-8)10(14)13-3-5-15-6-4-13/h7H,3-6H2,1-2H3. The molecular formula is C10H15N3O2. The summed E-state index contributed by atoms with van der Waals surface area (Å²) in [5.74, 6) is 0.0592. The lowest BCUT2D eigenvalue weighted by molar-refractivity contribution is 0.0302. The number of ether oxygens (including phenoxy) is 1. The van der Waals surface area contributed by atoms with E-state index in [0.717, 1.165) is 5.69 Å². The maximum atomic E-state index is 12.1. The number of nitrogens with zero attached hydrogens (tertiary/aromatic N) is 3. The van der Waals surface area contributed by atoms with Gasteiger partial charge in [-0.3, -0.25) is 9.48 Å². The van der Waals surface area contributed by atoms with Gasteiger partial charge in [0.2, 0.25) is 0 Å². The Bertz CT molecular complexity index is 367. The summed E-state index contributed by atoms with van der Waals surface area (Å²) in [6.07, 6.45) is 1.77. The third kappa shape index (κ3) is 2.02. The summed E-state index contributed by atoms with van der Waals surface area (Å²) in [6, 6.07) is 0. The van der Waals surface area contributed by atoms with Crippen LogP contribution in [0.15, 0.2) is 6.20 Å². The van der Waals surface area contributed by atoms with Crippen molar-refractivity contribution in [1.29, 1.82) is 0 Å². The second-order valence-electron chi connectivity index (χ2n) is 3.71. The van der Waals surface area contributed by atoms with Crippen LogP contribution in [0.25, 0.3) is 0 Å². The second-order valence-corrected chi connectivity index (χ2v) is 3.71. The van der Waals surface area contributed by atoms with E-state index in [0.29, 0.717) is 31.9 Å². The van der Waals surface area contributed by atoms with E-state index in [2.05, 4.69) is 5.10 Å². The molecular weight excluding hydrogens is 194 g/mol. The minimum Gasteiger partial charge on any atom is -0.378 e. The molecule has 0 bridgehead atoms. The Morgan fingerprint density at radius 1 is 1.47 bits per heavy atom. The van der Waals surface area contributed by atoms with Crippen molar-refractivity contribution in [3.05, 3.63) is 17.5 Å². The van der Waals surface area contributed by atoms with Crippen molar-refractivity contribution in [1.82, 2.24) is 14.7 Å². The molecule has 0 unspecified atom stereocenters. The monoisotopic (exact) mass is 209 g/mol. The van der Waals surface area contributed by atoms with E-state index in [1.54, 1.807) is 10.9 Å². The first-order valence-electron chi connectivity index (χ1n) is 5.06. The van der Waals surface area contributed by atoms with Crippen molar-refractivity contribution in [2.45, 2.75) is 6.92 Å². The van der Waals surface area contributed by atoms with Crippen molar-refractivity contribution in [3.63, 3.8) is 0 Å². The van der Waals surface area contributed by atoms with Crippen LogP contribution in [0.5, 0.6) is 0 Å². The van der Waals surface area contributed by atoms with Gasteiger partial charge in [-0.15, -0.1) is 0 Å². The van der Waals surface area contributed by atoms with E-state index in [9.17, 15) is 4.79 Å². The molecule has 1 aromatic heterocycles. The zero-order valence-electron chi connectivity index (χ0n) is 9.06. The Labute approximate surface area is 88.6 Å². The summed E-state index contributed by atoms with van der Waals surface area (Å²) < 4.78 is 6.88. The Hall–Kier alpha value is -1.36. The molecule has 1 aliphatic rings. The summed E-state index contributed by atoms with van der Waals surface area (Å²) in [6.45, 7) is 4.46. The van der Waals surface area contributed by atoms with E-state index >= 15 is 0 Å². The van der Waals surface area contributed by atoms with Gasteiger partial charge in [0.25, 0.3) is 5.91 Å². The molecule has 2 heterocycles. The number of carbonyl (C=O) groups is 1. The Kier molecular flexibility index (Phi) is 2.73. The quantitative estimate of drug-likeness (QED) is 0.664. The van der Waals surface area contributed by atoms with Gasteiger partial charge in [-0.1, -0.05) is 0 Å². The topological polar surface area (TPSA) is 47.4 Å². The zero-order valence-corrected chi connectivity index (χ0v) is 9.06. The lowest BCUT2D eigenvalue weighted by Crippen LogP contribution is -2.40. The molecule has 0 aromatic carbocycles. The maximum Gasteiger partial charge on any atom is 0.257 e. The predicted molar refractivity (Wildman–Crippen MR) is 54.7 cm³/mol. The van der Waals surface area contributed by atoms with Crippen LogP contribution in [-0.2, 0) is 11.8 Å². The minimum absolute atomic E-state index is 0.0592. The normalized spacial score (nSPS) is 16.8. The zero-order chi connectivity index (χ0) is 10.8. The summed E-state index contributed by atoms with van der Waals surface area (Å²) in [5.41, 5.74) is 1.48. The molecule has 0 N–H and O–H groups in total. The van der Waals surface area contributed by atoms with Crippen LogP contribution in [0.2, 0.25) is 0 Å². The first-order chi connectivity index (χ1) is 7.18. The largest absolute Gasteiger partial charge is 0.378 e. The third-order valence-electron chi connectivity index (χ3n) is 2.54. The summed E-state index contributed by atoms with van der Waals surface area (Å²) in [7, 11) is 1.82. The molecule has 82 valence electrons. The Balaban J connectivity index is 2.16. The molecule has 0 atom stereocenters. The number of morpholine rings is 1. The molecule has 1 amide bonds. The van der Waals surface area contributed by atoms with E-state index in [1.807, 2.05) is 18.9 Å². The number of carbonyl (C=O) groups excluding carboxylic acids is 1. The Morgan fingerprint density at radius 3 is 2.67 bits per heavy atom. The molecule has 1 fully saturated rings. The van der Waals surface area contributed by atoms with Gasteiger partial charge in [0.05, 0.1) is 24.5 Å². The van der Waals surface area contributed by atoms with Crippen molar-refractivity contribution in [2.24, 2.45) is 7.05 Å². The van der Waals surface area contributed by atoms with E-state index in [4.69, 9.17) is 4.74 Å². The minimum atomic E-state index is 0.0592. The van der Waals surface area contributed by atoms with Gasteiger partial charge in [0.1, 0.15) is 0 Å². The highest BCUT2D eigenvalue weighted by Crippen LogP contribution is 2.10. The number of hydrogen-bond donors (Lipinski definition) is 0. The van der Waals surface area contributed by atoms with Crippen molar-refractivity contribution >= 4 is 5.91 Å². The average Bonchev–Trinajstić information content (AvgIpc) is 2.58. The van der Waals surface area contributed by atoms with E-state index in [-0.39, 0.29) is 5.91 Å². The van der Waals surface area contributed by atoms with Gasteiger partial charge in [0, 0.05) is 26.3 Å². The van der Waals surface area contributed by atoms with Crippen molar-refractivity contribution in [3.8, 4) is 0 Å². The molecule has 0 aliphatic carbocycles. The molecule has 1 aliphatic heterocycles. The molecule has 1 saturated heterocycles. The first-order valence-corrected chi connectivity index (χ1v) is 5.06. The van der Waals surface area contributed by atoms with Gasteiger partial charge >= 0.3 is 0 Å². The fourth-order valence-corrected chi connectivity index (χ4v) is 1.75. The highest BCUT2D eigenvalue weighted by molar-refractivity contribution is 5.95. The van der Waals surface area contributed by atoms with Gasteiger partial charge in [-0.25, -0.2) is 0 Å². The van der Waals surface area contributed by atoms with Crippen molar-refractivity contribution in [2.75, 3.05) is 26.3 Å². The second kappa shape index (κ2) is 4.02. The van der Waals surface area contributed by atoms with Crippen LogP contribution < -0.4 is 0 Å². The molecule has 2 rings (SSSR count). The number of rotatable bonds is 1. The SMILES string of the molecule is Cc1nn(C)cc1C(=O)N1CCOCC1. The molecule has 0 saturated carbocycles. The molecule has 15 heavy (non-hydrogen) atoms. The lowest BCUT2D eigenvalue weighted by atomic mass is 10.2. The highest BCUT2D eigenvalue weighted by Gasteiger charge is 2.21. The fraction of sp³-hybridized carbons (Fsp3) is 0.600. The number of hydrogen-bond acceptors (Lipinski definition) is 3. The number of aromatic nitrogens is 2. The highest BCUT2D eigenvalue weighted by atomic mass is 16.5. The van der Waals surface area contributed by atoms with Crippen LogP contribution >= 0.6 is 0 Å².